The van der Waals surface area contributed by atoms with Gasteiger partial charge in [0, 0.05) is 18.1 Å². The van der Waals surface area contributed by atoms with Crippen LogP contribution < -0.4 is 0 Å². The van der Waals surface area contributed by atoms with E-state index in [1.54, 1.807) is 6.08 Å². The van der Waals surface area contributed by atoms with E-state index < -0.39 is 12.1 Å². The van der Waals surface area contributed by atoms with Crippen LogP contribution in [0.1, 0.15) is 29.9 Å². The highest BCUT2D eigenvalue weighted by atomic mass is 16.8. The lowest BCUT2D eigenvalue weighted by Crippen LogP contribution is -2.41. The van der Waals surface area contributed by atoms with Crippen LogP contribution in [0.2, 0.25) is 0 Å². The summed E-state index contributed by atoms with van der Waals surface area (Å²) in [6.07, 6.45) is 2.72. The van der Waals surface area contributed by atoms with E-state index in [9.17, 15) is 4.79 Å². The number of esters is 1. The van der Waals surface area contributed by atoms with Gasteiger partial charge in [0.1, 0.15) is 0 Å². The summed E-state index contributed by atoms with van der Waals surface area (Å²) in [5, 5.41) is 0. The van der Waals surface area contributed by atoms with Crippen LogP contribution in [0.4, 0.5) is 0 Å². The van der Waals surface area contributed by atoms with Gasteiger partial charge in [-0.15, -0.1) is 0 Å². The Hall–Kier alpha value is -2.43. The molecule has 0 unspecified atom stereocenters. The van der Waals surface area contributed by atoms with Gasteiger partial charge in [-0.1, -0.05) is 60.7 Å². The molecule has 4 nitrogen and oxygen atoms in total. The highest BCUT2D eigenvalue weighted by molar-refractivity contribution is 5.85. The van der Waals surface area contributed by atoms with E-state index in [0.29, 0.717) is 6.42 Å². The number of carbonyl (C=O) groups excluding carboxylic acids is 1. The van der Waals surface area contributed by atoms with Crippen LogP contribution in [-0.4, -0.2) is 11.8 Å². The van der Waals surface area contributed by atoms with E-state index in [1.807, 2.05) is 60.7 Å². The van der Waals surface area contributed by atoms with Gasteiger partial charge in [0.25, 0.3) is 0 Å². The van der Waals surface area contributed by atoms with E-state index >= 15 is 0 Å². The highest BCUT2D eigenvalue weighted by Gasteiger charge is 2.47. The first-order valence-electron chi connectivity index (χ1n) is 7.59. The summed E-state index contributed by atoms with van der Waals surface area (Å²) in [6.45, 7) is 0. The number of ether oxygens (including phenoxy) is 3. The molecule has 0 radical (unpaired) electrons. The lowest BCUT2D eigenvalue weighted by Gasteiger charge is -2.40. The van der Waals surface area contributed by atoms with Crippen LogP contribution in [0.25, 0.3) is 0 Å². The van der Waals surface area contributed by atoms with Gasteiger partial charge in [-0.05, 0) is 11.6 Å². The molecule has 0 aliphatic carbocycles. The first kappa shape index (κ1) is 14.2. The molecule has 116 valence electrons. The minimum absolute atomic E-state index is 0.217. The van der Waals surface area contributed by atoms with Crippen molar-refractivity contribution in [1.82, 2.24) is 0 Å². The summed E-state index contributed by atoms with van der Waals surface area (Å²) in [5.41, 5.74) is 1.93. The molecular weight excluding hydrogens is 292 g/mol. The van der Waals surface area contributed by atoms with E-state index in [-0.39, 0.29) is 12.1 Å². The second-order valence-electron chi connectivity index (χ2n) is 5.67. The molecule has 1 spiro atoms. The summed E-state index contributed by atoms with van der Waals surface area (Å²) in [6, 6.07) is 19.6. The van der Waals surface area contributed by atoms with Crippen molar-refractivity contribution in [1.29, 1.82) is 0 Å². The maximum atomic E-state index is 11.6. The summed E-state index contributed by atoms with van der Waals surface area (Å²) >= 11 is 0. The molecule has 4 heteroatoms. The van der Waals surface area contributed by atoms with Crippen LogP contribution in [-0.2, 0) is 19.0 Å². The maximum Gasteiger partial charge on any atom is 0.333 e. The fraction of sp³-hybridized carbons (Fsp3) is 0.211. The topological polar surface area (TPSA) is 44.8 Å². The predicted molar refractivity (Wildman–Crippen MR) is 83.1 cm³/mol. The molecule has 1 fully saturated rings. The monoisotopic (exact) mass is 308 g/mol. The third-order valence-corrected chi connectivity index (χ3v) is 4.05. The summed E-state index contributed by atoms with van der Waals surface area (Å²) in [7, 11) is 0. The van der Waals surface area contributed by atoms with E-state index in [2.05, 4.69) is 0 Å². The maximum absolute atomic E-state index is 11.6. The number of rotatable bonds is 2. The molecule has 0 saturated carbocycles. The number of benzene rings is 2. The van der Waals surface area contributed by atoms with Crippen molar-refractivity contribution in [3.05, 3.63) is 83.9 Å². The van der Waals surface area contributed by atoms with Crippen molar-refractivity contribution in [3.63, 3.8) is 0 Å². The summed E-state index contributed by atoms with van der Waals surface area (Å²) < 4.78 is 17.6. The van der Waals surface area contributed by atoms with E-state index in [0.717, 1.165) is 11.1 Å². The molecule has 0 aromatic heterocycles. The first-order valence-corrected chi connectivity index (χ1v) is 7.59. The molecule has 0 bridgehead atoms. The van der Waals surface area contributed by atoms with Crippen molar-refractivity contribution < 1.29 is 19.0 Å². The van der Waals surface area contributed by atoms with Gasteiger partial charge in [-0.25, -0.2) is 4.79 Å². The zero-order valence-corrected chi connectivity index (χ0v) is 12.4. The Morgan fingerprint density at radius 2 is 1.57 bits per heavy atom. The Bertz CT molecular complexity index is 676. The molecule has 23 heavy (non-hydrogen) atoms. The van der Waals surface area contributed by atoms with Crippen molar-refractivity contribution in [2.75, 3.05) is 0 Å². The van der Waals surface area contributed by atoms with E-state index in [4.69, 9.17) is 14.2 Å². The number of hydrogen-bond acceptors (Lipinski definition) is 4. The normalized spacial score (nSPS) is 29.7. The Labute approximate surface area is 134 Å². The van der Waals surface area contributed by atoms with Gasteiger partial charge >= 0.3 is 5.97 Å². The van der Waals surface area contributed by atoms with Crippen LogP contribution in [0.5, 0.6) is 0 Å². The zero-order chi connectivity index (χ0) is 15.7. The smallest absolute Gasteiger partial charge is 0.333 e. The van der Waals surface area contributed by atoms with Gasteiger partial charge in [-0.2, -0.15) is 0 Å². The lowest BCUT2D eigenvalue weighted by atomic mass is 9.99. The largest absolute Gasteiger partial charge is 0.426 e. The second kappa shape index (κ2) is 5.65. The average Bonchev–Trinajstić information content (AvgIpc) is 2.96. The number of hydrogen-bond donors (Lipinski definition) is 0. The summed E-state index contributed by atoms with van der Waals surface area (Å²) in [5.74, 6) is -1.44. The Kier molecular flexibility index (Phi) is 3.48. The van der Waals surface area contributed by atoms with Crippen molar-refractivity contribution in [2.24, 2.45) is 0 Å². The molecule has 1 saturated heterocycles. The van der Waals surface area contributed by atoms with Crippen LogP contribution in [0.3, 0.4) is 0 Å². The van der Waals surface area contributed by atoms with Crippen LogP contribution in [0.15, 0.2) is 72.8 Å². The average molecular weight is 308 g/mol. The molecule has 2 aromatic carbocycles. The standard InChI is InChI=1S/C19H16O4/c20-17-11-12-19(22-17)13-16(14-7-3-1-4-8-14)21-18(23-19)15-9-5-2-6-10-15/h1-12,16,18H,13H2/t16-,18+,19-/m1/s1. The second-order valence-corrected chi connectivity index (χ2v) is 5.67. The molecule has 2 aromatic rings. The fourth-order valence-electron chi connectivity index (χ4n) is 2.94. The fourth-order valence-corrected chi connectivity index (χ4v) is 2.94. The third-order valence-electron chi connectivity index (χ3n) is 4.05. The van der Waals surface area contributed by atoms with Gasteiger partial charge < -0.3 is 14.2 Å². The third kappa shape index (κ3) is 2.79. The molecular formula is C19H16O4. The Morgan fingerprint density at radius 1 is 0.913 bits per heavy atom. The molecule has 0 amide bonds. The Morgan fingerprint density at radius 3 is 2.17 bits per heavy atom. The number of carbonyl (C=O) groups is 1. The van der Waals surface area contributed by atoms with Crippen LogP contribution in [0, 0.1) is 0 Å². The molecule has 0 N–H and O–H groups in total. The van der Waals surface area contributed by atoms with Crippen LogP contribution >= 0.6 is 0 Å². The molecule has 2 aliphatic rings. The summed E-state index contributed by atoms with van der Waals surface area (Å²) in [4.78, 5) is 11.6. The van der Waals surface area contributed by atoms with Crippen molar-refractivity contribution in [2.45, 2.75) is 24.6 Å². The Balaban J connectivity index is 1.69. The lowest BCUT2D eigenvalue weighted by molar-refractivity contribution is -0.335. The SMILES string of the molecule is O=C1C=C[C@@]2(C[C@H](c3ccccc3)O[C@H](c3ccccc3)O2)O1. The van der Waals surface area contributed by atoms with E-state index in [1.165, 1.54) is 6.08 Å². The van der Waals surface area contributed by atoms with Gasteiger partial charge in [-0.3, -0.25) is 0 Å². The van der Waals surface area contributed by atoms with Gasteiger partial charge in [0.2, 0.25) is 5.79 Å². The predicted octanol–water partition coefficient (Wildman–Crippen LogP) is 3.67. The van der Waals surface area contributed by atoms with Gasteiger partial charge in [0.15, 0.2) is 6.29 Å². The minimum Gasteiger partial charge on any atom is -0.426 e. The van der Waals surface area contributed by atoms with Crippen molar-refractivity contribution in [3.8, 4) is 0 Å². The van der Waals surface area contributed by atoms with Gasteiger partial charge in [0.05, 0.1) is 6.10 Å². The highest BCUT2D eigenvalue weighted by Crippen LogP contribution is 2.45. The van der Waals surface area contributed by atoms with Crippen molar-refractivity contribution >= 4 is 5.97 Å². The molecule has 2 heterocycles. The molecule has 2 aliphatic heterocycles. The first-order chi connectivity index (χ1) is 11.2. The molecule has 4 rings (SSSR count). The zero-order valence-electron chi connectivity index (χ0n) is 12.4. The minimum atomic E-state index is -1.06. The molecule has 3 atom stereocenters. The quantitative estimate of drug-likeness (QED) is 0.794.